The van der Waals surface area contributed by atoms with Gasteiger partial charge in [-0.05, 0) is 30.9 Å². The van der Waals surface area contributed by atoms with Gasteiger partial charge >= 0.3 is 0 Å². The Morgan fingerprint density at radius 2 is 1.88 bits per heavy atom. The number of nitrogens with one attached hydrogen (secondary N) is 1. The van der Waals surface area contributed by atoms with Crippen molar-refractivity contribution in [1.82, 2.24) is 9.97 Å². The fourth-order valence-electron chi connectivity index (χ4n) is 3.87. The molecule has 5 heteroatoms. The molecule has 1 aromatic carbocycles. The minimum absolute atomic E-state index is 0.0451. The lowest BCUT2D eigenvalue weighted by Crippen LogP contribution is -2.30. The highest BCUT2D eigenvalue weighted by atomic mass is 16.2. The summed E-state index contributed by atoms with van der Waals surface area (Å²) in [6.45, 7) is 0.716. The van der Waals surface area contributed by atoms with Crippen LogP contribution in [0.4, 0.5) is 11.5 Å². The number of aromatic nitrogens is 2. The van der Waals surface area contributed by atoms with Gasteiger partial charge in [-0.1, -0.05) is 43.9 Å². The molecule has 130 valence electrons. The molecule has 1 amide bonds. The van der Waals surface area contributed by atoms with Crippen molar-refractivity contribution < 1.29 is 4.79 Å². The van der Waals surface area contributed by atoms with Crippen molar-refractivity contribution in [2.75, 3.05) is 16.8 Å². The highest BCUT2D eigenvalue weighted by Gasteiger charge is 2.26. The molecular formula is C20H24N4O. The maximum absolute atomic E-state index is 12.9. The van der Waals surface area contributed by atoms with E-state index in [1.807, 2.05) is 23.1 Å². The van der Waals surface area contributed by atoms with Crippen LogP contribution in [0.2, 0.25) is 0 Å². The van der Waals surface area contributed by atoms with E-state index < -0.39 is 0 Å². The van der Waals surface area contributed by atoms with Gasteiger partial charge in [-0.15, -0.1) is 0 Å². The van der Waals surface area contributed by atoms with Crippen LogP contribution in [0.1, 0.15) is 54.6 Å². The molecule has 0 bridgehead atoms. The lowest BCUT2D eigenvalue weighted by Gasteiger charge is -2.19. The summed E-state index contributed by atoms with van der Waals surface area (Å²) in [4.78, 5) is 23.3. The Balaban J connectivity index is 1.50. The van der Waals surface area contributed by atoms with Crippen molar-refractivity contribution in [1.29, 1.82) is 0 Å². The Labute approximate surface area is 148 Å². The van der Waals surface area contributed by atoms with Gasteiger partial charge in [-0.25, -0.2) is 9.97 Å². The molecule has 1 saturated carbocycles. The summed E-state index contributed by atoms with van der Waals surface area (Å²) in [5.41, 5.74) is 2.69. The van der Waals surface area contributed by atoms with E-state index in [0.29, 0.717) is 18.3 Å². The minimum Gasteiger partial charge on any atom is -0.367 e. The maximum atomic E-state index is 12.9. The molecule has 0 radical (unpaired) electrons. The van der Waals surface area contributed by atoms with E-state index in [0.717, 1.165) is 17.9 Å². The summed E-state index contributed by atoms with van der Waals surface area (Å²) in [5, 5.41) is 3.50. The van der Waals surface area contributed by atoms with Crippen molar-refractivity contribution >= 4 is 17.4 Å². The number of anilines is 2. The summed E-state index contributed by atoms with van der Waals surface area (Å²) in [7, 11) is 0. The Bertz CT molecular complexity index is 753. The summed E-state index contributed by atoms with van der Waals surface area (Å²) in [5.74, 6) is 0.717. The van der Waals surface area contributed by atoms with Gasteiger partial charge in [-0.2, -0.15) is 0 Å². The van der Waals surface area contributed by atoms with Crippen LogP contribution in [0.5, 0.6) is 0 Å². The quantitative estimate of drug-likeness (QED) is 0.866. The van der Waals surface area contributed by atoms with Gasteiger partial charge in [0.1, 0.15) is 17.8 Å². The fraction of sp³-hybridized carbons (Fsp3) is 0.450. The first kappa shape index (κ1) is 16.1. The molecule has 0 saturated heterocycles. The molecule has 0 spiro atoms. The number of hydrogen-bond acceptors (Lipinski definition) is 4. The number of nitrogens with zero attached hydrogens (tertiary/aromatic N) is 3. The summed E-state index contributed by atoms with van der Waals surface area (Å²) in [6, 6.07) is 10.3. The first-order chi connectivity index (χ1) is 12.3. The smallest absolute Gasteiger partial charge is 0.277 e. The van der Waals surface area contributed by atoms with Gasteiger partial charge < -0.3 is 10.2 Å². The number of rotatable bonds is 3. The molecule has 4 rings (SSSR count). The number of carbonyl (C=O) groups excluding carboxylic acids is 1. The predicted octanol–water partition coefficient (Wildman–Crippen LogP) is 3.81. The number of amides is 1. The van der Waals surface area contributed by atoms with Crippen LogP contribution in [0.15, 0.2) is 36.7 Å². The third kappa shape index (κ3) is 3.50. The lowest BCUT2D eigenvalue weighted by molar-refractivity contribution is 0.0984. The Morgan fingerprint density at radius 1 is 1.08 bits per heavy atom. The van der Waals surface area contributed by atoms with E-state index in [1.54, 1.807) is 6.07 Å². The van der Waals surface area contributed by atoms with Crippen LogP contribution < -0.4 is 10.2 Å². The highest BCUT2D eigenvalue weighted by Crippen LogP contribution is 2.29. The van der Waals surface area contributed by atoms with Crippen molar-refractivity contribution in [3.05, 3.63) is 47.9 Å². The second kappa shape index (κ2) is 7.21. The molecule has 1 N–H and O–H groups in total. The molecule has 1 aliphatic carbocycles. The Hall–Kier alpha value is -2.43. The normalized spacial score (nSPS) is 17.8. The molecule has 25 heavy (non-hydrogen) atoms. The van der Waals surface area contributed by atoms with Crippen molar-refractivity contribution in [2.45, 2.75) is 51.0 Å². The van der Waals surface area contributed by atoms with Gasteiger partial charge in [0.25, 0.3) is 5.91 Å². The van der Waals surface area contributed by atoms with Gasteiger partial charge in [-0.3, -0.25) is 4.79 Å². The first-order valence-electron chi connectivity index (χ1n) is 9.29. The average molecular weight is 336 g/mol. The second-order valence-corrected chi connectivity index (χ2v) is 6.96. The fourth-order valence-corrected chi connectivity index (χ4v) is 3.87. The standard InChI is InChI=1S/C20H24N4O/c25-20(24-12-11-15-7-5-6-10-18(15)24)17-13-19(22-14-21-17)23-16-8-3-1-2-4-9-16/h5-7,10,13-14,16H,1-4,8-9,11-12H2,(H,21,22,23). The maximum Gasteiger partial charge on any atom is 0.277 e. The predicted molar refractivity (Wildman–Crippen MR) is 99.0 cm³/mol. The molecule has 0 unspecified atom stereocenters. The van der Waals surface area contributed by atoms with Crippen molar-refractivity contribution in [2.24, 2.45) is 0 Å². The largest absolute Gasteiger partial charge is 0.367 e. The minimum atomic E-state index is -0.0451. The zero-order chi connectivity index (χ0) is 17.1. The summed E-state index contributed by atoms with van der Waals surface area (Å²) in [6.07, 6.45) is 9.91. The third-order valence-corrected chi connectivity index (χ3v) is 5.23. The van der Waals surface area contributed by atoms with E-state index in [4.69, 9.17) is 0 Å². The average Bonchev–Trinajstić information content (AvgIpc) is 2.91. The zero-order valence-electron chi connectivity index (χ0n) is 14.4. The molecule has 1 aliphatic heterocycles. The van der Waals surface area contributed by atoms with Crippen LogP contribution in [-0.2, 0) is 6.42 Å². The number of fused-ring (bicyclic) bond motifs is 1. The molecule has 2 aromatic rings. The van der Waals surface area contributed by atoms with Crippen LogP contribution in [0, 0.1) is 0 Å². The van der Waals surface area contributed by atoms with Gasteiger partial charge in [0, 0.05) is 24.3 Å². The Kier molecular flexibility index (Phi) is 4.63. The number of para-hydroxylation sites is 1. The highest BCUT2D eigenvalue weighted by molar-refractivity contribution is 6.06. The molecule has 2 heterocycles. The lowest BCUT2D eigenvalue weighted by atomic mass is 10.1. The van der Waals surface area contributed by atoms with Crippen LogP contribution in [0.25, 0.3) is 0 Å². The monoisotopic (exact) mass is 336 g/mol. The van der Waals surface area contributed by atoms with Crippen molar-refractivity contribution in [3.8, 4) is 0 Å². The molecule has 1 fully saturated rings. The van der Waals surface area contributed by atoms with Crippen LogP contribution in [0.3, 0.4) is 0 Å². The Morgan fingerprint density at radius 3 is 2.72 bits per heavy atom. The van der Waals surface area contributed by atoms with Gasteiger partial charge in [0.15, 0.2) is 0 Å². The van der Waals surface area contributed by atoms with Gasteiger partial charge in [0.05, 0.1) is 0 Å². The molecule has 5 nitrogen and oxygen atoms in total. The van der Waals surface area contributed by atoms with E-state index in [2.05, 4.69) is 21.4 Å². The third-order valence-electron chi connectivity index (χ3n) is 5.23. The zero-order valence-corrected chi connectivity index (χ0v) is 14.4. The summed E-state index contributed by atoms with van der Waals surface area (Å²) < 4.78 is 0. The summed E-state index contributed by atoms with van der Waals surface area (Å²) >= 11 is 0. The van der Waals surface area contributed by atoms with E-state index >= 15 is 0 Å². The SMILES string of the molecule is O=C(c1cc(NC2CCCCCC2)ncn1)N1CCc2ccccc21. The van der Waals surface area contributed by atoms with E-state index in [9.17, 15) is 4.79 Å². The van der Waals surface area contributed by atoms with E-state index in [1.165, 1.54) is 50.4 Å². The first-order valence-corrected chi connectivity index (χ1v) is 9.29. The molecule has 2 aliphatic rings. The number of carbonyl (C=O) groups is 1. The molecule has 1 aromatic heterocycles. The molecule has 0 atom stereocenters. The van der Waals surface area contributed by atoms with Crippen molar-refractivity contribution in [3.63, 3.8) is 0 Å². The molecular weight excluding hydrogens is 312 g/mol. The van der Waals surface area contributed by atoms with E-state index in [-0.39, 0.29) is 5.91 Å². The number of benzene rings is 1. The van der Waals surface area contributed by atoms with Crippen LogP contribution >= 0.6 is 0 Å². The van der Waals surface area contributed by atoms with Gasteiger partial charge in [0.2, 0.25) is 0 Å². The number of hydrogen-bond donors (Lipinski definition) is 1. The topological polar surface area (TPSA) is 58.1 Å². The van der Waals surface area contributed by atoms with Crippen LogP contribution in [-0.4, -0.2) is 28.5 Å². The second-order valence-electron chi connectivity index (χ2n) is 6.96.